The molecule has 2 N–H and O–H groups in total. The van der Waals surface area contributed by atoms with Crippen molar-refractivity contribution in [2.45, 2.75) is 19.4 Å². The molecular weight excluding hydrogens is 198 g/mol. The average Bonchev–Trinajstić information content (AvgIpc) is 2.63. The van der Waals surface area contributed by atoms with E-state index < -0.39 is 18.3 Å². The molecule has 1 aromatic heterocycles. The summed E-state index contributed by atoms with van der Waals surface area (Å²) < 4.78 is 1.89. The van der Waals surface area contributed by atoms with Gasteiger partial charge in [-0.2, -0.15) is 0 Å². The van der Waals surface area contributed by atoms with E-state index in [1.165, 1.54) is 0 Å². The number of amides is 1. The molecule has 0 atom stereocenters. The van der Waals surface area contributed by atoms with Crippen LogP contribution >= 0.6 is 0 Å². The van der Waals surface area contributed by atoms with Crippen molar-refractivity contribution >= 4 is 11.9 Å². The van der Waals surface area contributed by atoms with Crippen LogP contribution in [-0.2, 0) is 16.1 Å². The molecule has 0 saturated carbocycles. The number of nitrogens with zero attached hydrogens (tertiary/aromatic N) is 2. The summed E-state index contributed by atoms with van der Waals surface area (Å²) in [5, 5.41) is 10.8. The summed E-state index contributed by atoms with van der Waals surface area (Å²) in [6, 6.07) is 0. The Bertz CT molecular complexity index is 321. The molecule has 0 aliphatic carbocycles. The first-order valence-electron chi connectivity index (χ1n) is 4.62. The van der Waals surface area contributed by atoms with Crippen LogP contribution in [0.4, 0.5) is 0 Å². The van der Waals surface area contributed by atoms with Crippen LogP contribution in [-0.4, -0.2) is 33.1 Å². The summed E-state index contributed by atoms with van der Waals surface area (Å²) in [5.74, 6) is -1.56. The molecule has 6 heteroatoms. The summed E-state index contributed by atoms with van der Waals surface area (Å²) in [4.78, 5) is 24.9. The first-order valence-corrected chi connectivity index (χ1v) is 4.62. The number of nitrogens with one attached hydrogen (secondary N) is 1. The predicted octanol–water partition coefficient (Wildman–Crippen LogP) is -0.136. The van der Waals surface area contributed by atoms with E-state index >= 15 is 0 Å². The van der Waals surface area contributed by atoms with E-state index in [0.29, 0.717) is 6.54 Å². The van der Waals surface area contributed by atoms with Crippen LogP contribution in [0.5, 0.6) is 0 Å². The minimum Gasteiger partial charge on any atom is -0.481 e. The number of imidazole rings is 1. The van der Waals surface area contributed by atoms with Crippen LogP contribution in [0, 0.1) is 0 Å². The zero-order valence-corrected chi connectivity index (χ0v) is 8.22. The van der Waals surface area contributed by atoms with Gasteiger partial charge in [0.2, 0.25) is 5.91 Å². The fourth-order valence-corrected chi connectivity index (χ4v) is 1.11. The SMILES string of the molecule is O=C(O)CC(=O)NCCCn1ccnc1. The molecule has 0 aliphatic rings. The maximum atomic E-state index is 10.9. The Balaban J connectivity index is 2.06. The number of hydrogen-bond donors (Lipinski definition) is 2. The minimum absolute atomic E-state index is 0.451. The lowest BCUT2D eigenvalue weighted by Crippen LogP contribution is -2.27. The van der Waals surface area contributed by atoms with Gasteiger partial charge in [-0.25, -0.2) is 4.98 Å². The Morgan fingerprint density at radius 2 is 2.27 bits per heavy atom. The van der Waals surface area contributed by atoms with Crippen LogP contribution in [0.3, 0.4) is 0 Å². The Labute approximate surface area is 86.9 Å². The second-order valence-corrected chi connectivity index (χ2v) is 3.07. The second kappa shape index (κ2) is 5.79. The molecule has 1 heterocycles. The number of aryl methyl sites for hydroxylation is 1. The van der Waals surface area contributed by atoms with Gasteiger partial charge in [0.1, 0.15) is 6.42 Å². The summed E-state index contributed by atoms with van der Waals surface area (Å²) in [6.45, 7) is 1.23. The first kappa shape index (κ1) is 11.2. The molecule has 1 rings (SSSR count). The van der Waals surface area contributed by atoms with E-state index in [0.717, 1.165) is 13.0 Å². The van der Waals surface area contributed by atoms with Crippen molar-refractivity contribution in [1.29, 1.82) is 0 Å². The fraction of sp³-hybridized carbons (Fsp3) is 0.444. The van der Waals surface area contributed by atoms with E-state index in [4.69, 9.17) is 5.11 Å². The second-order valence-electron chi connectivity index (χ2n) is 3.07. The van der Waals surface area contributed by atoms with Crippen LogP contribution in [0.15, 0.2) is 18.7 Å². The zero-order valence-electron chi connectivity index (χ0n) is 8.22. The predicted molar refractivity (Wildman–Crippen MR) is 52.1 cm³/mol. The summed E-state index contributed by atoms with van der Waals surface area (Å²) in [7, 11) is 0. The monoisotopic (exact) mass is 211 g/mol. The van der Waals surface area contributed by atoms with E-state index in [9.17, 15) is 9.59 Å². The third-order valence-corrected chi connectivity index (χ3v) is 1.79. The number of carbonyl (C=O) groups excluding carboxylic acids is 1. The molecule has 6 nitrogen and oxygen atoms in total. The van der Waals surface area contributed by atoms with Gasteiger partial charge >= 0.3 is 5.97 Å². The van der Waals surface area contributed by atoms with Crippen molar-refractivity contribution in [3.8, 4) is 0 Å². The van der Waals surface area contributed by atoms with E-state index in [1.54, 1.807) is 12.5 Å². The Morgan fingerprint density at radius 3 is 2.87 bits per heavy atom. The average molecular weight is 211 g/mol. The standard InChI is InChI=1S/C9H13N3O3/c13-8(6-9(14)15)11-2-1-4-12-5-3-10-7-12/h3,5,7H,1-2,4,6H2,(H,11,13)(H,14,15). The summed E-state index contributed by atoms with van der Waals surface area (Å²) >= 11 is 0. The van der Waals surface area contributed by atoms with E-state index in [1.807, 2.05) is 10.8 Å². The number of rotatable bonds is 6. The van der Waals surface area contributed by atoms with E-state index in [2.05, 4.69) is 10.3 Å². The molecule has 0 radical (unpaired) electrons. The maximum absolute atomic E-state index is 10.9. The Hall–Kier alpha value is -1.85. The van der Waals surface area contributed by atoms with Gasteiger partial charge in [0, 0.05) is 25.5 Å². The molecule has 82 valence electrons. The number of carbonyl (C=O) groups is 2. The molecule has 0 aromatic carbocycles. The molecule has 15 heavy (non-hydrogen) atoms. The van der Waals surface area contributed by atoms with Crippen molar-refractivity contribution in [3.63, 3.8) is 0 Å². The van der Waals surface area contributed by atoms with Crippen LogP contribution < -0.4 is 5.32 Å². The molecule has 0 fully saturated rings. The van der Waals surface area contributed by atoms with Gasteiger partial charge in [-0.3, -0.25) is 9.59 Å². The van der Waals surface area contributed by atoms with Crippen LogP contribution in [0.2, 0.25) is 0 Å². The van der Waals surface area contributed by atoms with Gasteiger partial charge in [-0.15, -0.1) is 0 Å². The van der Waals surface area contributed by atoms with Crippen molar-refractivity contribution in [1.82, 2.24) is 14.9 Å². The largest absolute Gasteiger partial charge is 0.481 e. The van der Waals surface area contributed by atoms with Crippen LogP contribution in [0.25, 0.3) is 0 Å². The number of aliphatic carboxylic acids is 1. The smallest absolute Gasteiger partial charge is 0.312 e. The minimum atomic E-state index is -1.11. The number of carboxylic acid groups (broad SMARTS) is 1. The van der Waals surface area contributed by atoms with Crippen LogP contribution in [0.1, 0.15) is 12.8 Å². The molecule has 1 aromatic rings. The summed E-state index contributed by atoms with van der Waals surface area (Å²) in [6.07, 6.45) is 5.49. The van der Waals surface area contributed by atoms with Gasteiger partial charge in [-0.1, -0.05) is 0 Å². The normalized spacial score (nSPS) is 9.87. The van der Waals surface area contributed by atoms with Gasteiger partial charge < -0.3 is 15.0 Å². The van der Waals surface area contributed by atoms with Crippen molar-refractivity contribution in [3.05, 3.63) is 18.7 Å². The lowest BCUT2D eigenvalue weighted by molar-refractivity contribution is -0.140. The highest BCUT2D eigenvalue weighted by atomic mass is 16.4. The van der Waals surface area contributed by atoms with Gasteiger partial charge in [0.25, 0.3) is 0 Å². The topological polar surface area (TPSA) is 84.2 Å². The molecule has 0 saturated heterocycles. The lowest BCUT2D eigenvalue weighted by atomic mass is 10.3. The number of carboxylic acids is 1. The maximum Gasteiger partial charge on any atom is 0.312 e. The van der Waals surface area contributed by atoms with E-state index in [-0.39, 0.29) is 0 Å². The van der Waals surface area contributed by atoms with Crippen molar-refractivity contribution in [2.75, 3.05) is 6.54 Å². The molecular formula is C9H13N3O3. The third-order valence-electron chi connectivity index (χ3n) is 1.79. The molecule has 0 aliphatic heterocycles. The van der Waals surface area contributed by atoms with Gasteiger partial charge in [0.15, 0.2) is 0 Å². The molecule has 0 unspecified atom stereocenters. The van der Waals surface area contributed by atoms with Crippen molar-refractivity contribution in [2.24, 2.45) is 0 Å². The zero-order chi connectivity index (χ0) is 11.1. The molecule has 0 spiro atoms. The molecule has 0 bridgehead atoms. The summed E-state index contributed by atoms with van der Waals surface area (Å²) in [5.41, 5.74) is 0. The highest BCUT2D eigenvalue weighted by Crippen LogP contribution is 1.89. The Kier molecular flexibility index (Phi) is 4.33. The highest BCUT2D eigenvalue weighted by molar-refractivity contribution is 5.93. The highest BCUT2D eigenvalue weighted by Gasteiger charge is 2.05. The number of hydrogen-bond acceptors (Lipinski definition) is 3. The van der Waals surface area contributed by atoms with Crippen molar-refractivity contribution < 1.29 is 14.7 Å². The van der Waals surface area contributed by atoms with Gasteiger partial charge in [0.05, 0.1) is 6.33 Å². The number of aromatic nitrogens is 2. The quantitative estimate of drug-likeness (QED) is 0.507. The van der Waals surface area contributed by atoms with Gasteiger partial charge in [-0.05, 0) is 6.42 Å². The first-order chi connectivity index (χ1) is 7.18. The lowest BCUT2D eigenvalue weighted by Gasteiger charge is -2.03. The fourth-order valence-electron chi connectivity index (χ4n) is 1.11. The Morgan fingerprint density at radius 1 is 1.47 bits per heavy atom. The molecule has 1 amide bonds. The third kappa shape index (κ3) is 4.80.